The highest BCUT2D eigenvalue weighted by atomic mass is 79.9. The van der Waals surface area contributed by atoms with Crippen molar-refractivity contribution in [3.05, 3.63) is 68.6 Å². The zero-order valence-electron chi connectivity index (χ0n) is 13.2. The van der Waals surface area contributed by atoms with Gasteiger partial charge >= 0.3 is 0 Å². The number of rotatable bonds is 2. The Labute approximate surface area is 159 Å². The summed E-state index contributed by atoms with van der Waals surface area (Å²) < 4.78 is 2.15. The number of hydrogen-bond donors (Lipinski definition) is 1. The van der Waals surface area contributed by atoms with Gasteiger partial charge in [0, 0.05) is 32.9 Å². The number of hydrogen-bond acceptors (Lipinski definition) is 2. The molecule has 2 fully saturated rings. The van der Waals surface area contributed by atoms with Gasteiger partial charge in [-0.05, 0) is 36.1 Å². The molecule has 0 radical (unpaired) electrons. The van der Waals surface area contributed by atoms with Gasteiger partial charge < -0.3 is 5.32 Å². The lowest BCUT2D eigenvalue weighted by molar-refractivity contribution is -0.135. The third-order valence-electron chi connectivity index (χ3n) is 5.41. The second kappa shape index (κ2) is 6.74. The minimum atomic E-state index is 0.0710. The lowest BCUT2D eigenvalue weighted by Crippen LogP contribution is -2.50. The Balaban J connectivity index is 1.78. The zero-order valence-corrected chi connectivity index (χ0v) is 16.4. The highest BCUT2D eigenvalue weighted by Gasteiger charge is 2.47. The van der Waals surface area contributed by atoms with Gasteiger partial charge in [0.25, 0.3) is 0 Å². The van der Waals surface area contributed by atoms with Crippen LogP contribution in [0, 0.1) is 11.8 Å². The van der Waals surface area contributed by atoms with Crippen LogP contribution >= 0.6 is 31.9 Å². The quantitative estimate of drug-likeness (QED) is 0.649. The van der Waals surface area contributed by atoms with Crippen LogP contribution in [0.15, 0.2) is 57.5 Å². The summed E-state index contributed by atoms with van der Waals surface area (Å²) in [6.07, 6.45) is 3.10. The van der Waals surface area contributed by atoms with Crippen molar-refractivity contribution in [2.45, 2.75) is 31.3 Å². The molecular weight excluding hydrogens is 430 g/mol. The van der Waals surface area contributed by atoms with Gasteiger partial charge in [-0.2, -0.15) is 0 Å². The van der Waals surface area contributed by atoms with Crippen LogP contribution in [0.1, 0.15) is 42.5 Å². The lowest BCUT2D eigenvalue weighted by Gasteiger charge is -2.45. The normalized spacial score (nSPS) is 29.5. The molecule has 0 spiro atoms. The highest BCUT2D eigenvalue weighted by Crippen LogP contribution is 2.47. The van der Waals surface area contributed by atoms with Crippen LogP contribution in [0.25, 0.3) is 0 Å². The van der Waals surface area contributed by atoms with E-state index in [4.69, 9.17) is 0 Å². The Morgan fingerprint density at radius 2 is 1.25 bits per heavy atom. The number of carbonyl (C=O) groups excluding carboxylic acids is 1. The molecule has 1 heterocycles. The maximum Gasteiger partial charge on any atom is 0.142 e. The Morgan fingerprint density at radius 1 is 0.792 bits per heavy atom. The Bertz CT molecular complexity index is 714. The third kappa shape index (κ3) is 2.79. The Morgan fingerprint density at radius 3 is 1.71 bits per heavy atom. The molecule has 1 aliphatic carbocycles. The van der Waals surface area contributed by atoms with Crippen LogP contribution < -0.4 is 5.32 Å². The van der Waals surface area contributed by atoms with E-state index >= 15 is 0 Å². The summed E-state index contributed by atoms with van der Waals surface area (Å²) in [5.74, 6) is 0.601. The van der Waals surface area contributed by atoms with Crippen LogP contribution in [-0.2, 0) is 4.79 Å². The fraction of sp³-hybridized carbons (Fsp3) is 0.350. The van der Waals surface area contributed by atoms with Crippen molar-refractivity contribution < 1.29 is 4.79 Å². The van der Waals surface area contributed by atoms with Gasteiger partial charge in [-0.25, -0.2) is 0 Å². The number of carbonyl (C=O) groups is 1. The Hall–Kier alpha value is -0.970. The smallest absolute Gasteiger partial charge is 0.142 e. The number of benzene rings is 2. The van der Waals surface area contributed by atoms with E-state index in [9.17, 15) is 4.79 Å². The predicted octanol–water partition coefficient (Wildman–Crippen LogP) is 5.58. The average Bonchev–Trinajstić information content (AvgIpc) is 2.57. The summed E-state index contributed by atoms with van der Waals surface area (Å²) >= 11 is 7.34. The molecule has 2 nitrogen and oxygen atoms in total. The molecule has 1 N–H and O–H groups in total. The van der Waals surface area contributed by atoms with Gasteiger partial charge in [0.1, 0.15) is 5.78 Å². The van der Waals surface area contributed by atoms with E-state index in [0.717, 1.165) is 28.2 Å². The summed E-state index contributed by atoms with van der Waals surface area (Å²) in [5, 5.41) is 3.82. The summed E-state index contributed by atoms with van der Waals surface area (Å²) in [4.78, 5) is 13.1. The molecule has 4 unspecified atom stereocenters. The van der Waals surface area contributed by atoms with Crippen molar-refractivity contribution in [1.29, 1.82) is 0 Å². The predicted molar refractivity (Wildman–Crippen MR) is 103 cm³/mol. The molecule has 4 atom stereocenters. The van der Waals surface area contributed by atoms with Crippen molar-refractivity contribution in [2.24, 2.45) is 11.8 Å². The van der Waals surface area contributed by atoms with Crippen LogP contribution in [0.5, 0.6) is 0 Å². The van der Waals surface area contributed by atoms with E-state index in [2.05, 4.69) is 73.6 Å². The highest BCUT2D eigenvalue weighted by molar-refractivity contribution is 9.10. The third-order valence-corrected chi connectivity index (χ3v) is 6.85. The van der Waals surface area contributed by atoms with Gasteiger partial charge in [-0.15, -0.1) is 0 Å². The van der Waals surface area contributed by atoms with Gasteiger partial charge in [0.05, 0.1) is 0 Å². The molecule has 4 heteroatoms. The van der Waals surface area contributed by atoms with Crippen LogP contribution in [0.4, 0.5) is 0 Å². The second-order valence-electron chi connectivity index (χ2n) is 6.71. The molecule has 2 aromatic carbocycles. The fourth-order valence-electron chi connectivity index (χ4n) is 4.27. The number of Topliss-reactive ketones (excluding diaryl/α,β-unsaturated/α-hetero) is 1. The largest absolute Gasteiger partial charge is 0.302 e. The number of halogens is 2. The zero-order chi connectivity index (χ0) is 16.7. The molecule has 2 aromatic rings. The fourth-order valence-corrected chi connectivity index (χ4v) is 5.34. The van der Waals surface area contributed by atoms with Crippen LogP contribution in [0.2, 0.25) is 0 Å². The number of ketones is 1. The topological polar surface area (TPSA) is 29.1 Å². The second-order valence-corrected chi connectivity index (χ2v) is 8.42. The maximum atomic E-state index is 13.1. The van der Waals surface area contributed by atoms with Crippen molar-refractivity contribution >= 4 is 37.6 Å². The van der Waals surface area contributed by atoms with Gasteiger partial charge in [0.2, 0.25) is 0 Å². The minimum absolute atomic E-state index is 0.0710. The number of fused-ring (bicyclic) bond motifs is 2. The van der Waals surface area contributed by atoms with Crippen molar-refractivity contribution in [2.75, 3.05) is 0 Å². The van der Waals surface area contributed by atoms with Gasteiger partial charge in [-0.1, -0.05) is 74.7 Å². The monoisotopic (exact) mass is 447 g/mol. The first kappa shape index (κ1) is 16.5. The molecule has 1 saturated carbocycles. The molecule has 2 bridgehead atoms. The molecule has 1 saturated heterocycles. The molecule has 1 aliphatic heterocycles. The van der Waals surface area contributed by atoms with E-state index < -0.39 is 0 Å². The lowest BCUT2D eigenvalue weighted by atomic mass is 9.67. The van der Waals surface area contributed by atoms with E-state index in [1.165, 1.54) is 11.1 Å². The molecule has 24 heavy (non-hydrogen) atoms. The molecule has 4 rings (SSSR count). The molecule has 124 valence electrons. The van der Waals surface area contributed by atoms with Gasteiger partial charge in [0.15, 0.2) is 0 Å². The number of piperidine rings is 1. The standard InChI is InChI=1S/C20H19Br2NO/c21-16-10-3-1-6-12(16)18-14-8-5-9-15(20(14)24)19(23-18)13-7-2-4-11-17(13)22/h1-4,6-7,10-11,14-15,18-19,23H,5,8-9H2. The Kier molecular flexibility index (Phi) is 4.63. The maximum absolute atomic E-state index is 13.1. The SMILES string of the molecule is O=C1C2CCCC1C(c1ccccc1Br)NC2c1ccccc1Br. The minimum Gasteiger partial charge on any atom is -0.302 e. The van der Waals surface area contributed by atoms with E-state index in [1.54, 1.807) is 0 Å². The van der Waals surface area contributed by atoms with Crippen molar-refractivity contribution in [3.63, 3.8) is 0 Å². The van der Waals surface area contributed by atoms with Crippen molar-refractivity contribution in [3.8, 4) is 0 Å². The first-order valence-corrected chi connectivity index (χ1v) is 10.0. The van der Waals surface area contributed by atoms with Gasteiger partial charge in [-0.3, -0.25) is 4.79 Å². The first-order chi connectivity index (χ1) is 11.7. The van der Waals surface area contributed by atoms with Crippen molar-refractivity contribution in [1.82, 2.24) is 5.32 Å². The molecular formula is C20H19Br2NO. The molecule has 0 aromatic heterocycles. The summed E-state index contributed by atoms with van der Waals surface area (Å²) in [6, 6.07) is 16.7. The van der Waals surface area contributed by atoms with Crippen LogP contribution in [-0.4, -0.2) is 5.78 Å². The summed E-state index contributed by atoms with van der Waals surface area (Å²) in [6.45, 7) is 0. The first-order valence-electron chi connectivity index (χ1n) is 8.45. The van der Waals surface area contributed by atoms with Crippen LogP contribution in [0.3, 0.4) is 0 Å². The number of nitrogens with one attached hydrogen (secondary N) is 1. The van der Waals surface area contributed by atoms with E-state index in [-0.39, 0.29) is 23.9 Å². The average molecular weight is 449 g/mol. The molecule has 0 amide bonds. The summed E-state index contributed by atoms with van der Waals surface area (Å²) in [7, 11) is 0. The van der Waals surface area contributed by atoms with E-state index in [0.29, 0.717) is 5.78 Å². The summed E-state index contributed by atoms with van der Waals surface area (Å²) in [5.41, 5.74) is 2.38. The van der Waals surface area contributed by atoms with E-state index in [1.807, 2.05) is 12.1 Å². The molecule has 2 aliphatic rings.